The summed E-state index contributed by atoms with van der Waals surface area (Å²) < 4.78 is 0. The van der Waals surface area contributed by atoms with Crippen LogP contribution in [0.2, 0.25) is 0 Å². The standard InChI is InChI=1S/C9H10N4/c10-8-3-1-2-6-13(8)9-4-5-11-7-12-9/h2-7H,1,10H2. The van der Waals surface area contributed by atoms with Crippen molar-refractivity contribution >= 4 is 5.82 Å². The summed E-state index contributed by atoms with van der Waals surface area (Å²) in [5, 5.41) is 0. The fraction of sp³-hybridized carbons (Fsp3) is 0.111. The highest BCUT2D eigenvalue weighted by Crippen LogP contribution is 2.16. The zero-order valence-corrected chi connectivity index (χ0v) is 7.09. The van der Waals surface area contributed by atoms with Crippen molar-refractivity contribution in [1.29, 1.82) is 0 Å². The van der Waals surface area contributed by atoms with Crippen molar-refractivity contribution in [2.75, 3.05) is 4.90 Å². The minimum absolute atomic E-state index is 0.709. The highest BCUT2D eigenvalue weighted by Gasteiger charge is 2.08. The van der Waals surface area contributed by atoms with Gasteiger partial charge in [0.05, 0.1) is 0 Å². The van der Waals surface area contributed by atoms with Crippen LogP contribution in [-0.4, -0.2) is 9.97 Å². The van der Waals surface area contributed by atoms with Gasteiger partial charge < -0.3 is 5.73 Å². The van der Waals surface area contributed by atoms with Gasteiger partial charge in [-0.05, 0) is 18.6 Å². The molecule has 4 nitrogen and oxygen atoms in total. The number of allylic oxidation sites excluding steroid dienone is 2. The normalized spacial score (nSPS) is 15.7. The molecular weight excluding hydrogens is 164 g/mol. The van der Waals surface area contributed by atoms with Crippen molar-refractivity contribution in [2.24, 2.45) is 5.73 Å². The summed E-state index contributed by atoms with van der Waals surface area (Å²) in [6.45, 7) is 0. The maximum atomic E-state index is 5.79. The minimum atomic E-state index is 0.709. The molecule has 0 saturated heterocycles. The van der Waals surface area contributed by atoms with Crippen LogP contribution in [0.4, 0.5) is 5.82 Å². The van der Waals surface area contributed by atoms with Gasteiger partial charge in [0.15, 0.2) is 0 Å². The molecule has 13 heavy (non-hydrogen) atoms. The second kappa shape index (κ2) is 3.26. The van der Waals surface area contributed by atoms with Gasteiger partial charge in [0, 0.05) is 12.4 Å². The zero-order chi connectivity index (χ0) is 9.10. The number of rotatable bonds is 1. The van der Waals surface area contributed by atoms with E-state index in [9.17, 15) is 0 Å². The van der Waals surface area contributed by atoms with E-state index in [1.54, 1.807) is 6.20 Å². The fourth-order valence-corrected chi connectivity index (χ4v) is 1.17. The molecule has 0 aromatic carbocycles. The molecule has 0 unspecified atom stereocenters. The monoisotopic (exact) mass is 174 g/mol. The topological polar surface area (TPSA) is 55.0 Å². The lowest BCUT2D eigenvalue weighted by Gasteiger charge is -2.21. The molecule has 2 rings (SSSR count). The van der Waals surface area contributed by atoms with E-state index in [4.69, 9.17) is 5.73 Å². The molecule has 0 bridgehead atoms. The predicted octanol–water partition coefficient (Wildman–Crippen LogP) is 1.00. The molecule has 0 atom stereocenters. The van der Waals surface area contributed by atoms with Gasteiger partial charge in [0.1, 0.15) is 18.0 Å². The average Bonchev–Trinajstić information content (AvgIpc) is 2.20. The van der Waals surface area contributed by atoms with Gasteiger partial charge in [-0.15, -0.1) is 0 Å². The lowest BCUT2D eigenvalue weighted by molar-refractivity contribution is 1.00. The van der Waals surface area contributed by atoms with E-state index in [0.717, 1.165) is 12.2 Å². The van der Waals surface area contributed by atoms with E-state index >= 15 is 0 Å². The smallest absolute Gasteiger partial charge is 0.141 e. The van der Waals surface area contributed by atoms with E-state index < -0.39 is 0 Å². The third-order valence-electron chi connectivity index (χ3n) is 1.81. The molecule has 2 heterocycles. The van der Waals surface area contributed by atoms with Crippen LogP contribution in [0.3, 0.4) is 0 Å². The number of hydrogen-bond acceptors (Lipinski definition) is 4. The van der Waals surface area contributed by atoms with Crippen molar-refractivity contribution in [1.82, 2.24) is 9.97 Å². The number of nitrogens with two attached hydrogens (primary N) is 1. The first-order valence-electron chi connectivity index (χ1n) is 4.05. The first-order valence-corrected chi connectivity index (χ1v) is 4.05. The van der Waals surface area contributed by atoms with Crippen molar-refractivity contribution in [3.63, 3.8) is 0 Å². The van der Waals surface area contributed by atoms with Crippen LogP contribution in [0.25, 0.3) is 0 Å². The van der Waals surface area contributed by atoms with E-state index in [1.165, 1.54) is 6.33 Å². The van der Waals surface area contributed by atoms with Gasteiger partial charge in [0.25, 0.3) is 0 Å². The Morgan fingerprint density at radius 3 is 3.08 bits per heavy atom. The van der Waals surface area contributed by atoms with Crippen LogP contribution in [0.1, 0.15) is 6.42 Å². The van der Waals surface area contributed by atoms with Gasteiger partial charge in [-0.1, -0.05) is 6.08 Å². The molecule has 0 amide bonds. The lowest BCUT2D eigenvalue weighted by Crippen LogP contribution is -2.24. The maximum absolute atomic E-state index is 5.79. The summed E-state index contributed by atoms with van der Waals surface area (Å²) in [7, 11) is 0. The van der Waals surface area contributed by atoms with Crippen LogP contribution in [-0.2, 0) is 0 Å². The highest BCUT2D eigenvalue weighted by molar-refractivity contribution is 5.49. The van der Waals surface area contributed by atoms with Gasteiger partial charge in [0.2, 0.25) is 0 Å². The number of aromatic nitrogens is 2. The molecule has 0 spiro atoms. The lowest BCUT2D eigenvalue weighted by atomic mass is 10.3. The number of anilines is 1. The van der Waals surface area contributed by atoms with Crippen LogP contribution >= 0.6 is 0 Å². The van der Waals surface area contributed by atoms with Gasteiger partial charge in [-0.25, -0.2) is 9.97 Å². The van der Waals surface area contributed by atoms with Crippen molar-refractivity contribution < 1.29 is 0 Å². The van der Waals surface area contributed by atoms with E-state index in [2.05, 4.69) is 9.97 Å². The molecule has 66 valence electrons. The van der Waals surface area contributed by atoms with Gasteiger partial charge in [-0.3, -0.25) is 4.90 Å². The minimum Gasteiger partial charge on any atom is -0.385 e. The first-order chi connectivity index (χ1) is 6.38. The Morgan fingerprint density at radius 1 is 1.46 bits per heavy atom. The third kappa shape index (κ3) is 1.51. The number of nitrogens with zero attached hydrogens (tertiary/aromatic N) is 3. The molecule has 2 N–H and O–H groups in total. The van der Waals surface area contributed by atoms with Crippen LogP contribution < -0.4 is 10.6 Å². The second-order valence-corrected chi connectivity index (χ2v) is 2.69. The number of hydrogen-bond donors (Lipinski definition) is 1. The molecule has 1 aromatic heterocycles. The van der Waals surface area contributed by atoms with Crippen molar-refractivity contribution in [2.45, 2.75) is 6.42 Å². The maximum Gasteiger partial charge on any atom is 0.141 e. The predicted molar refractivity (Wildman–Crippen MR) is 50.5 cm³/mol. The highest BCUT2D eigenvalue weighted by atomic mass is 15.2. The van der Waals surface area contributed by atoms with Gasteiger partial charge >= 0.3 is 0 Å². The van der Waals surface area contributed by atoms with Crippen molar-refractivity contribution in [3.8, 4) is 0 Å². The third-order valence-corrected chi connectivity index (χ3v) is 1.81. The zero-order valence-electron chi connectivity index (χ0n) is 7.09. The Labute approximate surface area is 76.4 Å². The summed E-state index contributed by atoms with van der Waals surface area (Å²) in [4.78, 5) is 9.76. The first kappa shape index (κ1) is 7.79. The Morgan fingerprint density at radius 2 is 2.38 bits per heavy atom. The Hall–Kier alpha value is -1.84. The van der Waals surface area contributed by atoms with E-state index in [0.29, 0.717) is 5.82 Å². The molecule has 0 saturated carbocycles. The molecule has 0 aliphatic carbocycles. The van der Waals surface area contributed by atoms with E-state index in [1.807, 2.05) is 29.3 Å². The summed E-state index contributed by atoms with van der Waals surface area (Å²) in [5.41, 5.74) is 5.79. The summed E-state index contributed by atoms with van der Waals surface area (Å²) >= 11 is 0. The molecular formula is C9H10N4. The molecule has 4 heteroatoms. The summed E-state index contributed by atoms with van der Waals surface area (Å²) in [6, 6.07) is 1.82. The quantitative estimate of drug-likeness (QED) is 0.690. The molecule has 1 aliphatic heterocycles. The Bertz CT molecular complexity index is 342. The Kier molecular flexibility index (Phi) is 1.96. The molecule has 0 fully saturated rings. The second-order valence-electron chi connectivity index (χ2n) is 2.69. The van der Waals surface area contributed by atoms with Crippen LogP contribution in [0.5, 0.6) is 0 Å². The summed E-state index contributed by atoms with van der Waals surface area (Å²) in [6.07, 6.45) is 9.97. The van der Waals surface area contributed by atoms with Crippen LogP contribution in [0, 0.1) is 0 Å². The fourth-order valence-electron chi connectivity index (χ4n) is 1.17. The van der Waals surface area contributed by atoms with E-state index in [-0.39, 0.29) is 0 Å². The van der Waals surface area contributed by atoms with Crippen LogP contribution in [0.15, 0.2) is 42.8 Å². The Balaban J connectivity index is 2.31. The average molecular weight is 174 g/mol. The molecule has 1 aromatic rings. The molecule has 1 aliphatic rings. The molecule has 0 radical (unpaired) electrons. The summed E-state index contributed by atoms with van der Waals surface area (Å²) in [5.74, 6) is 1.50. The van der Waals surface area contributed by atoms with Crippen molar-refractivity contribution in [3.05, 3.63) is 42.8 Å². The van der Waals surface area contributed by atoms with Gasteiger partial charge in [-0.2, -0.15) is 0 Å². The SMILES string of the molecule is NC1=CCC=CN1c1ccncn1. The largest absolute Gasteiger partial charge is 0.385 e.